The predicted octanol–water partition coefficient (Wildman–Crippen LogP) is 5.66. The van der Waals surface area contributed by atoms with Crippen molar-refractivity contribution in [2.45, 2.75) is 62.9 Å². The van der Waals surface area contributed by atoms with Crippen LogP contribution >= 0.6 is 0 Å². The number of likely N-dealkylation sites (tertiary alicyclic amines) is 1. The average molecular weight is 614 g/mol. The van der Waals surface area contributed by atoms with Gasteiger partial charge in [0.25, 0.3) is 0 Å². The smallest absolute Gasteiger partial charge is 0.410 e. The molecule has 0 spiro atoms. The van der Waals surface area contributed by atoms with Gasteiger partial charge in [0.1, 0.15) is 13.2 Å². The third kappa shape index (κ3) is 7.46. The number of ether oxygens (including phenoxy) is 3. The molecule has 6 rings (SSSR count). The summed E-state index contributed by atoms with van der Waals surface area (Å²) in [7, 11) is 0. The van der Waals surface area contributed by atoms with E-state index in [0.717, 1.165) is 40.7 Å². The minimum absolute atomic E-state index is 0.0448. The third-order valence-corrected chi connectivity index (χ3v) is 8.84. The zero-order valence-corrected chi connectivity index (χ0v) is 25.2. The fraction of sp³-hybridized carbons (Fsp3) is 0.400. The molecular formula is C35H39N3O7. The summed E-state index contributed by atoms with van der Waals surface area (Å²) in [6.45, 7) is 1.52. The Morgan fingerprint density at radius 1 is 0.844 bits per heavy atom. The number of alkyl carbamates (subject to hydrolysis) is 1. The van der Waals surface area contributed by atoms with Gasteiger partial charge < -0.3 is 24.4 Å². The van der Waals surface area contributed by atoms with E-state index >= 15 is 0 Å². The van der Waals surface area contributed by atoms with Gasteiger partial charge in [0.05, 0.1) is 12.0 Å². The topological polar surface area (TPSA) is 115 Å². The average Bonchev–Trinajstić information content (AvgIpc) is 3.40. The quantitative estimate of drug-likeness (QED) is 0.299. The number of benzene rings is 3. The lowest BCUT2D eigenvalue weighted by Gasteiger charge is -2.41. The monoisotopic (exact) mass is 613 g/mol. The molecule has 0 saturated carbocycles. The number of nitrogens with zero attached hydrogens (tertiary/aromatic N) is 1. The van der Waals surface area contributed by atoms with Crippen molar-refractivity contribution in [1.82, 2.24) is 15.7 Å². The van der Waals surface area contributed by atoms with Crippen LogP contribution in [0.1, 0.15) is 61.1 Å². The number of hydrogen-bond donors (Lipinski definition) is 2. The minimum Gasteiger partial charge on any atom is -0.449 e. The molecule has 0 bridgehead atoms. The van der Waals surface area contributed by atoms with Crippen LogP contribution in [0.3, 0.4) is 0 Å². The van der Waals surface area contributed by atoms with Crippen LogP contribution in [-0.2, 0) is 30.4 Å². The summed E-state index contributed by atoms with van der Waals surface area (Å²) in [6, 6.07) is 25.8. The molecule has 10 heteroatoms. The van der Waals surface area contributed by atoms with Gasteiger partial charge in [-0.2, -0.15) is 0 Å². The lowest BCUT2D eigenvalue weighted by molar-refractivity contribution is -0.201. The molecule has 45 heavy (non-hydrogen) atoms. The first-order valence-electron chi connectivity index (χ1n) is 15.6. The van der Waals surface area contributed by atoms with Crippen LogP contribution in [-0.4, -0.2) is 61.1 Å². The number of hydroxylamine groups is 1. The van der Waals surface area contributed by atoms with Crippen molar-refractivity contribution in [3.8, 4) is 11.1 Å². The van der Waals surface area contributed by atoms with Crippen molar-refractivity contribution in [2.75, 3.05) is 26.3 Å². The molecule has 1 aliphatic carbocycles. The molecule has 2 N–H and O–H groups in total. The molecular weight excluding hydrogens is 574 g/mol. The van der Waals surface area contributed by atoms with Gasteiger partial charge in [-0.05, 0) is 53.5 Å². The summed E-state index contributed by atoms with van der Waals surface area (Å²) in [6.07, 6.45) is 1.72. The van der Waals surface area contributed by atoms with Crippen LogP contribution in [0.15, 0.2) is 78.9 Å². The number of nitrogens with one attached hydrogen (secondary N) is 2. The first-order valence-corrected chi connectivity index (χ1v) is 15.6. The number of carbonyl (C=O) groups is 3. The van der Waals surface area contributed by atoms with Gasteiger partial charge in [-0.1, -0.05) is 78.9 Å². The molecule has 2 saturated heterocycles. The molecule has 3 aromatic rings. The Kier molecular flexibility index (Phi) is 9.61. The normalized spacial score (nSPS) is 18.8. The van der Waals surface area contributed by atoms with Gasteiger partial charge in [0.2, 0.25) is 5.91 Å². The molecule has 236 valence electrons. The van der Waals surface area contributed by atoms with E-state index in [2.05, 4.69) is 35.1 Å². The van der Waals surface area contributed by atoms with Crippen LogP contribution < -0.4 is 10.8 Å². The van der Waals surface area contributed by atoms with Gasteiger partial charge >= 0.3 is 12.2 Å². The molecule has 3 aliphatic rings. The van der Waals surface area contributed by atoms with Crippen molar-refractivity contribution >= 4 is 18.1 Å². The summed E-state index contributed by atoms with van der Waals surface area (Å²) in [5.74, 6) is -0.476. The molecule has 0 radical (unpaired) electrons. The Morgan fingerprint density at radius 2 is 1.51 bits per heavy atom. The van der Waals surface area contributed by atoms with E-state index in [9.17, 15) is 14.4 Å². The van der Waals surface area contributed by atoms with E-state index in [1.54, 1.807) is 4.90 Å². The van der Waals surface area contributed by atoms with E-state index in [1.807, 2.05) is 54.6 Å². The van der Waals surface area contributed by atoms with Gasteiger partial charge in [0, 0.05) is 32.0 Å². The standard InChI is InChI=1S/C35H39N3O7/c39-31(37-45-32-16-8-9-21-42-32)22-35(17-19-38(20-18-35)34(41)44-23-25-10-2-1-3-11-25)36-33(40)43-24-30-28-14-6-4-12-26(28)27-13-5-7-15-29(27)30/h1-7,10-15,30,32H,8-9,16-24H2,(H,36,40)(H,37,39). The van der Waals surface area contributed by atoms with E-state index in [0.29, 0.717) is 39.0 Å². The van der Waals surface area contributed by atoms with Crippen molar-refractivity contribution in [2.24, 2.45) is 0 Å². The van der Waals surface area contributed by atoms with Crippen LogP contribution in [0.2, 0.25) is 0 Å². The highest BCUT2D eigenvalue weighted by Gasteiger charge is 2.40. The number of piperidine rings is 1. The van der Waals surface area contributed by atoms with Crippen molar-refractivity contribution in [3.05, 3.63) is 95.6 Å². The second kappa shape index (κ2) is 14.1. The number of rotatable bonds is 9. The largest absolute Gasteiger partial charge is 0.449 e. The van der Waals surface area contributed by atoms with Gasteiger partial charge in [-0.15, -0.1) is 0 Å². The summed E-state index contributed by atoms with van der Waals surface area (Å²) >= 11 is 0. The maximum atomic E-state index is 13.3. The first-order chi connectivity index (χ1) is 22.0. The van der Waals surface area contributed by atoms with E-state index < -0.39 is 24.0 Å². The molecule has 1 atom stereocenters. The Bertz CT molecular complexity index is 1440. The molecule has 3 aromatic carbocycles. The molecule has 0 aromatic heterocycles. The lowest BCUT2D eigenvalue weighted by Crippen LogP contribution is -2.58. The lowest BCUT2D eigenvalue weighted by atomic mass is 9.84. The number of hydrogen-bond acceptors (Lipinski definition) is 7. The van der Waals surface area contributed by atoms with Crippen LogP contribution in [0.4, 0.5) is 9.59 Å². The second-order valence-electron chi connectivity index (χ2n) is 11.9. The summed E-state index contributed by atoms with van der Waals surface area (Å²) in [4.78, 5) is 46.3. The highest BCUT2D eigenvalue weighted by molar-refractivity contribution is 5.80. The maximum Gasteiger partial charge on any atom is 0.410 e. The first kappa shape index (κ1) is 30.6. The number of fused-ring (bicyclic) bond motifs is 3. The van der Waals surface area contributed by atoms with Crippen LogP contribution in [0, 0.1) is 0 Å². The fourth-order valence-corrected chi connectivity index (χ4v) is 6.40. The zero-order chi connectivity index (χ0) is 31.1. The molecule has 2 fully saturated rings. The summed E-state index contributed by atoms with van der Waals surface area (Å²) < 4.78 is 16.9. The summed E-state index contributed by atoms with van der Waals surface area (Å²) in [5.41, 5.74) is 6.97. The van der Waals surface area contributed by atoms with Crippen LogP contribution in [0.5, 0.6) is 0 Å². The van der Waals surface area contributed by atoms with Crippen molar-refractivity contribution < 1.29 is 33.4 Å². The van der Waals surface area contributed by atoms with E-state index in [4.69, 9.17) is 19.0 Å². The zero-order valence-electron chi connectivity index (χ0n) is 25.2. The molecule has 1 unspecified atom stereocenters. The minimum atomic E-state index is -0.945. The SMILES string of the molecule is O=C(CC1(NC(=O)OCC2c3ccccc3-c3ccccc32)CCN(C(=O)OCc2ccccc2)CC1)NOC1CCCCO1. The number of carbonyl (C=O) groups excluding carboxylic acids is 3. The Labute approximate surface area is 262 Å². The van der Waals surface area contributed by atoms with Gasteiger partial charge in [-0.3, -0.25) is 4.79 Å². The second-order valence-corrected chi connectivity index (χ2v) is 11.9. The highest BCUT2D eigenvalue weighted by atomic mass is 16.8. The van der Waals surface area contributed by atoms with Crippen LogP contribution in [0.25, 0.3) is 11.1 Å². The highest BCUT2D eigenvalue weighted by Crippen LogP contribution is 2.44. The molecule has 3 amide bonds. The van der Waals surface area contributed by atoms with Gasteiger partial charge in [0.15, 0.2) is 6.29 Å². The number of amides is 3. The van der Waals surface area contributed by atoms with E-state index in [1.165, 1.54) is 0 Å². The Balaban J connectivity index is 1.09. The van der Waals surface area contributed by atoms with Crippen molar-refractivity contribution in [1.29, 1.82) is 0 Å². The Hall–Kier alpha value is -4.41. The van der Waals surface area contributed by atoms with Crippen molar-refractivity contribution in [3.63, 3.8) is 0 Å². The maximum absolute atomic E-state index is 13.3. The molecule has 10 nitrogen and oxygen atoms in total. The molecule has 2 aliphatic heterocycles. The van der Waals surface area contributed by atoms with Gasteiger partial charge in [-0.25, -0.2) is 19.9 Å². The summed E-state index contributed by atoms with van der Waals surface area (Å²) in [5, 5.41) is 3.00. The Morgan fingerprint density at radius 3 is 2.18 bits per heavy atom. The molecule has 2 heterocycles. The van der Waals surface area contributed by atoms with E-state index in [-0.39, 0.29) is 31.5 Å². The fourth-order valence-electron chi connectivity index (χ4n) is 6.40. The predicted molar refractivity (Wildman–Crippen MR) is 166 cm³/mol. The third-order valence-electron chi connectivity index (χ3n) is 8.84.